The minimum atomic E-state index is -1.24. The summed E-state index contributed by atoms with van der Waals surface area (Å²) in [5, 5.41) is 8.51. The Bertz CT molecular complexity index is 386. The van der Waals surface area contributed by atoms with E-state index in [2.05, 4.69) is 4.74 Å². The molecule has 74 valence electrons. The van der Waals surface area contributed by atoms with E-state index in [1.807, 2.05) is 0 Å². The number of hydrogen-bond acceptors (Lipinski definition) is 3. The van der Waals surface area contributed by atoms with E-state index in [1.165, 1.54) is 0 Å². The van der Waals surface area contributed by atoms with Crippen molar-refractivity contribution in [1.29, 1.82) is 0 Å². The first-order chi connectivity index (χ1) is 6.50. The Kier molecular flexibility index (Phi) is 2.81. The molecule has 0 spiro atoms. The molecule has 0 aromatic heterocycles. The SMILES string of the molecule is CC(=O)Oc1ccc(C(=O)O)cc1F. The number of ether oxygens (including phenoxy) is 1. The van der Waals surface area contributed by atoms with Gasteiger partial charge in [0.05, 0.1) is 5.56 Å². The molecule has 0 aliphatic rings. The van der Waals surface area contributed by atoms with Crippen molar-refractivity contribution in [2.45, 2.75) is 6.92 Å². The number of benzene rings is 1. The minimum Gasteiger partial charge on any atom is -0.478 e. The average Bonchev–Trinajstić information content (AvgIpc) is 2.07. The van der Waals surface area contributed by atoms with Crippen LogP contribution in [0.4, 0.5) is 4.39 Å². The summed E-state index contributed by atoms with van der Waals surface area (Å²) in [4.78, 5) is 20.9. The fourth-order valence-electron chi connectivity index (χ4n) is 0.871. The van der Waals surface area contributed by atoms with Gasteiger partial charge >= 0.3 is 11.9 Å². The van der Waals surface area contributed by atoms with Gasteiger partial charge in [-0.1, -0.05) is 0 Å². The Labute approximate surface area is 78.9 Å². The Morgan fingerprint density at radius 3 is 2.50 bits per heavy atom. The summed E-state index contributed by atoms with van der Waals surface area (Å²) in [6, 6.07) is 3.05. The molecule has 1 N–H and O–H groups in total. The normalized spacial score (nSPS) is 9.57. The molecule has 0 saturated heterocycles. The molecular weight excluding hydrogens is 191 g/mol. The second kappa shape index (κ2) is 3.87. The molecule has 0 atom stereocenters. The summed E-state index contributed by atoms with van der Waals surface area (Å²) in [7, 11) is 0. The van der Waals surface area contributed by atoms with Crippen LogP contribution >= 0.6 is 0 Å². The highest BCUT2D eigenvalue weighted by atomic mass is 19.1. The van der Waals surface area contributed by atoms with E-state index in [9.17, 15) is 14.0 Å². The predicted octanol–water partition coefficient (Wildman–Crippen LogP) is 1.45. The monoisotopic (exact) mass is 198 g/mol. The highest BCUT2D eigenvalue weighted by Gasteiger charge is 2.10. The van der Waals surface area contributed by atoms with Crippen LogP contribution < -0.4 is 4.74 Å². The van der Waals surface area contributed by atoms with Crippen molar-refractivity contribution in [2.75, 3.05) is 0 Å². The third kappa shape index (κ3) is 2.29. The quantitative estimate of drug-likeness (QED) is 0.577. The molecule has 14 heavy (non-hydrogen) atoms. The van der Waals surface area contributed by atoms with Gasteiger partial charge in [-0.2, -0.15) is 0 Å². The maximum absolute atomic E-state index is 13.0. The third-order valence-electron chi connectivity index (χ3n) is 1.43. The summed E-state index contributed by atoms with van der Waals surface area (Å²) in [6.45, 7) is 1.13. The fraction of sp³-hybridized carbons (Fsp3) is 0.111. The zero-order valence-electron chi connectivity index (χ0n) is 7.28. The van der Waals surface area contributed by atoms with Crippen LogP contribution in [0.1, 0.15) is 17.3 Å². The second-order valence-corrected chi connectivity index (χ2v) is 2.54. The lowest BCUT2D eigenvalue weighted by molar-refractivity contribution is -0.132. The Morgan fingerprint density at radius 2 is 2.07 bits per heavy atom. The van der Waals surface area contributed by atoms with Crippen molar-refractivity contribution in [3.8, 4) is 5.75 Å². The smallest absolute Gasteiger partial charge is 0.335 e. The predicted molar refractivity (Wildman–Crippen MR) is 44.7 cm³/mol. The standard InChI is InChI=1S/C9H7FO4/c1-5(11)14-8-3-2-6(9(12)13)4-7(8)10/h2-4H,1H3,(H,12,13). The van der Waals surface area contributed by atoms with Crippen molar-refractivity contribution in [2.24, 2.45) is 0 Å². The maximum atomic E-state index is 13.0. The van der Waals surface area contributed by atoms with E-state index >= 15 is 0 Å². The average molecular weight is 198 g/mol. The molecule has 1 aromatic carbocycles. The summed E-state index contributed by atoms with van der Waals surface area (Å²) in [5.41, 5.74) is -0.196. The molecular formula is C9H7FO4. The third-order valence-corrected chi connectivity index (χ3v) is 1.43. The van der Waals surface area contributed by atoms with Gasteiger partial charge in [0.25, 0.3) is 0 Å². The number of carboxylic acids is 1. The van der Waals surface area contributed by atoms with E-state index in [1.54, 1.807) is 0 Å². The van der Waals surface area contributed by atoms with Gasteiger partial charge in [-0.3, -0.25) is 4.79 Å². The first-order valence-electron chi connectivity index (χ1n) is 3.72. The minimum absolute atomic E-state index is 0.196. The molecule has 0 bridgehead atoms. The number of aromatic carboxylic acids is 1. The molecule has 1 aromatic rings. The molecule has 0 heterocycles. The largest absolute Gasteiger partial charge is 0.478 e. The molecule has 0 unspecified atom stereocenters. The van der Waals surface area contributed by atoms with Gasteiger partial charge in [0.15, 0.2) is 11.6 Å². The van der Waals surface area contributed by atoms with Crippen molar-refractivity contribution in [3.05, 3.63) is 29.6 Å². The van der Waals surface area contributed by atoms with Crippen LogP contribution in [-0.4, -0.2) is 17.0 Å². The van der Waals surface area contributed by atoms with Crippen molar-refractivity contribution < 1.29 is 23.8 Å². The van der Waals surface area contributed by atoms with E-state index in [0.29, 0.717) is 0 Å². The lowest BCUT2D eigenvalue weighted by Crippen LogP contribution is -2.04. The number of hydrogen-bond donors (Lipinski definition) is 1. The van der Waals surface area contributed by atoms with Gasteiger partial charge in [-0.15, -0.1) is 0 Å². The van der Waals surface area contributed by atoms with E-state index in [-0.39, 0.29) is 11.3 Å². The van der Waals surface area contributed by atoms with E-state index in [0.717, 1.165) is 25.1 Å². The van der Waals surface area contributed by atoms with Crippen LogP contribution in [0.25, 0.3) is 0 Å². The van der Waals surface area contributed by atoms with Crippen LogP contribution in [0.15, 0.2) is 18.2 Å². The first-order valence-corrected chi connectivity index (χ1v) is 3.72. The van der Waals surface area contributed by atoms with Crippen molar-refractivity contribution in [1.82, 2.24) is 0 Å². The lowest BCUT2D eigenvalue weighted by Gasteiger charge is -2.02. The zero-order valence-corrected chi connectivity index (χ0v) is 7.28. The highest BCUT2D eigenvalue weighted by Crippen LogP contribution is 2.18. The number of carbonyl (C=O) groups is 2. The molecule has 0 aliphatic heterocycles. The molecule has 0 amide bonds. The molecule has 0 aliphatic carbocycles. The number of carbonyl (C=O) groups excluding carboxylic acids is 1. The fourth-order valence-corrected chi connectivity index (χ4v) is 0.871. The molecule has 1 rings (SSSR count). The van der Waals surface area contributed by atoms with Crippen molar-refractivity contribution in [3.63, 3.8) is 0 Å². The van der Waals surface area contributed by atoms with Gasteiger partial charge in [-0.05, 0) is 18.2 Å². The van der Waals surface area contributed by atoms with Gasteiger partial charge < -0.3 is 9.84 Å². The highest BCUT2D eigenvalue weighted by molar-refractivity contribution is 5.87. The number of carboxylic acid groups (broad SMARTS) is 1. The van der Waals surface area contributed by atoms with Crippen LogP contribution in [0, 0.1) is 5.82 Å². The molecule has 0 radical (unpaired) electrons. The Morgan fingerprint density at radius 1 is 1.43 bits per heavy atom. The Balaban J connectivity index is 3.01. The molecule has 0 saturated carbocycles. The van der Waals surface area contributed by atoms with Crippen LogP contribution in [0.3, 0.4) is 0 Å². The summed E-state index contributed by atoms with van der Waals surface area (Å²) in [5.74, 6) is -3.05. The first kappa shape index (κ1) is 10.2. The zero-order chi connectivity index (χ0) is 10.7. The Hall–Kier alpha value is -1.91. The van der Waals surface area contributed by atoms with Crippen LogP contribution in [0.2, 0.25) is 0 Å². The summed E-state index contributed by atoms with van der Waals surface area (Å²) >= 11 is 0. The maximum Gasteiger partial charge on any atom is 0.335 e. The summed E-state index contributed by atoms with van der Waals surface area (Å²) in [6.07, 6.45) is 0. The molecule has 0 fully saturated rings. The van der Waals surface area contributed by atoms with E-state index in [4.69, 9.17) is 5.11 Å². The second-order valence-electron chi connectivity index (χ2n) is 2.54. The lowest BCUT2D eigenvalue weighted by atomic mass is 10.2. The van der Waals surface area contributed by atoms with Gasteiger partial charge in [0, 0.05) is 6.92 Å². The topological polar surface area (TPSA) is 63.6 Å². The summed E-state index contributed by atoms with van der Waals surface area (Å²) < 4.78 is 17.5. The number of esters is 1. The van der Waals surface area contributed by atoms with Crippen LogP contribution in [-0.2, 0) is 4.79 Å². The van der Waals surface area contributed by atoms with Gasteiger partial charge in [-0.25, -0.2) is 9.18 Å². The number of halogens is 1. The van der Waals surface area contributed by atoms with E-state index < -0.39 is 17.8 Å². The molecule has 5 heteroatoms. The van der Waals surface area contributed by atoms with Crippen molar-refractivity contribution >= 4 is 11.9 Å². The molecule has 4 nitrogen and oxygen atoms in total. The number of rotatable bonds is 2. The van der Waals surface area contributed by atoms with Gasteiger partial charge in [0.2, 0.25) is 0 Å². The van der Waals surface area contributed by atoms with Gasteiger partial charge in [0.1, 0.15) is 0 Å². The van der Waals surface area contributed by atoms with Crippen LogP contribution in [0.5, 0.6) is 5.75 Å².